The Morgan fingerprint density at radius 2 is 1.87 bits per heavy atom. The van der Waals surface area contributed by atoms with Gasteiger partial charge < -0.3 is 14.9 Å². The van der Waals surface area contributed by atoms with Crippen LogP contribution in [0.3, 0.4) is 0 Å². The van der Waals surface area contributed by atoms with Crippen LogP contribution in [-0.2, 0) is 9.53 Å². The Balaban J connectivity index is 2.16. The Labute approximate surface area is 187 Å². The number of amides is 2. The van der Waals surface area contributed by atoms with Gasteiger partial charge in [0.1, 0.15) is 11.9 Å². The minimum absolute atomic E-state index is 0.0319. The van der Waals surface area contributed by atoms with Crippen molar-refractivity contribution in [2.24, 2.45) is 5.92 Å². The van der Waals surface area contributed by atoms with Crippen LogP contribution in [0.25, 0.3) is 0 Å². The topological polar surface area (TPSA) is 113 Å². The van der Waals surface area contributed by atoms with E-state index in [1.807, 2.05) is 6.92 Å². The lowest BCUT2D eigenvalue weighted by molar-refractivity contribution is -0.131. The number of halogens is 1. The molecule has 2 atom stereocenters. The summed E-state index contributed by atoms with van der Waals surface area (Å²) < 4.78 is 6.37. The summed E-state index contributed by atoms with van der Waals surface area (Å²) in [6.45, 7) is 1.82. The van der Waals surface area contributed by atoms with E-state index >= 15 is 0 Å². The smallest absolute Gasteiger partial charge is 0.414 e. The fourth-order valence-electron chi connectivity index (χ4n) is 2.83. The lowest BCUT2D eigenvalue weighted by atomic mass is 9.92. The molecule has 0 unspecified atom stereocenters. The first-order chi connectivity index (χ1) is 14.3. The highest BCUT2D eigenvalue weighted by atomic mass is 127. The average Bonchev–Trinajstić information content (AvgIpc) is 2.71. The van der Waals surface area contributed by atoms with Crippen LogP contribution in [0.5, 0.6) is 5.75 Å². The number of imide groups is 1. The molecular weight excluding hydrogens is 501 g/mol. The zero-order valence-corrected chi connectivity index (χ0v) is 18.4. The number of hydrogen-bond donors (Lipinski definition) is 3. The van der Waals surface area contributed by atoms with Crippen molar-refractivity contribution in [1.29, 1.82) is 0 Å². The van der Waals surface area contributed by atoms with E-state index in [0.717, 1.165) is 9.65 Å². The van der Waals surface area contributed by atoms with Crippen molar-refractivity contribution < 1.29 is 29.3 Å². The highest BCUT2D eigenvalue weighted by molar-refractivity contribution is 14.1. The van der Waals surface area contributed by atoms with Gasteiger partial charge in [-0.15, -0.1) is 0 Å². The zero-order valence-electron chi connectivity index (χ0n) is 16.2. The fourth-order valence-corrected chi connectivity index (χ4v) is 3.35. The molecule has 0 aliphatic heterocycles. The molecule has 2 rings (SSSR count). The Morgan fingerprint density at radius 3 is 2.53 bits per heavy atom. The average molecular weight is 523 g/mol. The van der Waals surface area contributed by atoms with Crippen LogP contribution in [0, 0.1) is 9.49 Å². The number of carboxylic acid groups (broad SMARTS) is 1. The van der Waals surface area contributed by atoms with E-state index in [9.17, 15) is 19.5 Å². The molecule has 30 heavy (non-hydrogen) atoms. The van der Waals surface area contributed by atoms with Crippen molar-refractivity contribution in [3.63, 3.8) is 0 Å². The predicted octanol–water partition coefficient (Wildman–Crippen LogP) is 4.66. The number of carboxylic acids is 1. The second-order valence-electron chi connectivity index (χ2n) is 6.64. The minimum Gasteiger partial charge on any atom is -0.508 e. The van der Waals surface area contributed by atoms with E-state index in [-0.39, 0.29) is 11.7 Å². The number of aliphatic carboxylic acids is 1. The highest BCUT2D eigenvalue weighted by Gasteiger charge is 2.27. The van der Waals surface area contributed by atoms with E-state index in [0.29, 0.717) is 24.0 Å². The number of carbonyl (C=O) groups is 3. The fraction of sp³-hybridized carbons (Fsp3) is 0.227. The molecule has 0 radical (unpaired) electrons. The van der Waals surface area contributed by atoms with Crippen LogP contribution in [-0.4, -0.2) is 28.2 Å². The highest BCUT2D eigenvalue weighted by Crippen LogP contribution is 2.35. The number of nitrogens with one attached hydrogen (secondary N) is 1. The third-order valence-corrected chi connectivity index (χ3v) is 5.02. The number of ether oxygens (including phenoxy) is 1. The van der Waals surface area contributed by atoms with E-state index in [2.05, 4.69) is 27.9 Å². The van der Waals surface area contributed by atoms with E-state index in [1.165, 1.54) is 12.1 Å². The van der Waals surface area contributed by atoms with Crippen LogP contribution >= 0.6 is 22.6 Å². The molecule has 7 nitrogen and oxygen atoms in total. The van der Waals surface area contributed by atoms with Gasteiger partial charge in [-0.1, -0.05) is 31.2 Å². The normalized spacial score (nSPS) is 12.9. The van der Waals surface area contributed by atoms with Crippen molar-refractivity contribution in [3.8, 4) is 5.75 Å². The molecule has 0 aliphatic carbocycles. The Morgan fingerprint density at radius 1 is 1.17 bits per heavy atom. The molecule has 0 bridgehead atoms. The molecule has 0 spiro atoms. The van der Waals surface area contributed by atoms with Crippen molar-refractivity contribution in [1.82, 2.24) is 5.32 Å². The maximum absolute atomic E-state index is 12.4. The van der Waals surface area contributed by atoms with Gasteiger partial charge in [0.05, 0.1) is 0 Å². The maximum atomic E-state index is 12.4. The minimum atomic E-state index is -1.04. The van der Waals surface area contributed by atoms with Crippen LogP contribution in [0.4, 0.5) is 4.79 Å². The SMILES string of the molecule is C[C@H](CC/C=C/C(=O)O)[C@@H](OC(=O)NC(=O)c1ccccc1)c1cc(I)ccc1O. The van der Waals surface area contributed by atoms with Crippen LogP contribution < -0.4 is 5.32 Å². The van der Waals surface area contributed by atoms with Crippen molar-refractivity contribution in [2.45, 2.75) is 25.9 Å². The molecule has 0 saturated heterocycles. The van der Waals surface area contributed by atoms with E-state index in [1.54, 1.807) is 42.5 Å². The molecule has 0 fully saturated rings. The van der Waals surface area contributed by atoms with Gasteiger partial charge in [-0.25, -0.2) is 9.59 Å². The summed E-state index contributed by atoms with van der Waals surface area (Å²) in [6.07, 6.45) is 1.75. The summed E-state index contributed by atoms with van der Waals surface area (Å²) in [7, 11) is 0. The zero-order chi connectivity index (χ0) is 22.1. The summed E-state index contributed by atoms with van der Waals surface area (Å²) in [5.41, 5.74) is 0.730. The summed E-state index contributed by atoms with van der Waals surface area (Å²) in [5.74, 6) is -1.92. The number of carbonyl (C=O) groups excluding carboxylic acids is 2. The lowest BCUT2D eigenvalue weighted by Gasteiger charge is -2.25. The monoisotopic (exact) mass is 523 g/mol. The standard InChI is InChI=1S/C22H22INO6/c1-14(7-5-6-10-19(26)27)20(17-13-16(23)11-12-18(17)25)30-22(29)24-21(28)15-8-3-2-4-9-15/h2-4,6,8-14,20,25H,5,7H2,1H3,(H,26,27)(H,24,28,29)/b10-6+/t14-,20-/m1/s1. The first-order valence-electron chi connectivity index (χ1n) is 9.22. The number of benzene rings is 2. The maximum Gasteiger partial charge on any atom is 0.414 e. The number of allylic oxidation sites excluding steroid dienone is 1. The summed E-state index contributed by atoms with van der Waals surface area (Å²) >= 11 is 2.08. The van der Waals surface area contributed by atoms with Crippen molar-refractivity contribution in [3.05, 3.63) is 75.4 Å². The van der Waals surface area contributed by atoms with Gasteiger partial charge in [-0.3, -0.25) is 10.1 Å². The molecule has 8 heteroatoms. The molecule has 3 N–H and O–H groups in total. The molecule has 0 aromatic heterocycles. The molecular formula is C22H22INO6. The van der Waals surface area contributed by atoms with Gasteiger partial charge in [-0.2, -0.15) is 0 Å². The van der Waals surface area contributed by atoms with Gasteiger partial charge in [-0.05, 0) is 71.7 Å². The second-order valence-corrected chi connectivity index (χ2v) is 7.89. The van der Waals surface area contributed by atoms with E-state index < -0.39 is 24.1 Å². The Hall–Kier alpha value is -2.88. The van der Waals surface area contributed by atoms with Gasteiger partial charge >= 0.3 is 12.1 Å². The molecule has 0 heterocycles. The summed E-state index contributed by atoms with van der Waals surface area (Å²) in [4.78, 5) is 35.2. The number of aromatic hydroxyl groups is 1. The number of phenolic OH excluding ortho intramolecular Hbond substituents is 1. The first kappa shape index (κ1) is 23.4. The molecule has 0 saturated carbocycles. The van der Waals surface area contributed by atoms with Crippen LogP contribution in [0.1, 0.15) is 41.8 Å². The van der Waals surface area contributed by atoms with Gasteiger partial charge in [0.15, 0.2) is 0 Å². The largest absolute Gasteiger partial charge is 0.508 e. The summed E-state index contributed by atoms with van der Waals surface area (Å²) in [5, 5.41) is 21.2. The second kappa shape index (κ2) is 11.3. The van der Waals surface area contributed by atoms with Crippen molar-refractivity contribution >= 4 is 40.6 Å². The molecule has 0 aliphatic rings. The first-order valence-corrected chi connectivity index (χ1v) is 10.3. The molecule has 2 aromatic rings. The molecule has 2 aromatic carbocycles. The van der Waals surface area contributed by atoms with Crippen LogP contribution in [0.2, 0.25) is 0 Å². The predicted molar refractivity (Wildman–Crippen MR) is 119 cm³/mol. The van der Waals surface area contributed by atoms with Gasteiger partial charge in [0.25, 0.3) is 5.91 Å². The summed E-state index contributed by atoms with van der Waals surface area (Å²) in [6, 6.07) is 13.2. The number of rotatable bonds is 8. The number of phenols is 1. The van der Waals surface area contributed by atoms with E-state index in [4.69, 9.17) is 9.84 Å². The van der Waals surface area contributed by atoms with Crippen LogP contribution in [0.15, 0.2) is 60.7 Å². The third kappa shape index (κ3) is 7.18. The van der Waals surface area contributed by atoms with Gasteiger partial charge in [0, 0.05) is 20.8 Å². The Bertz CT molecular complexity index is 928. The Kier molecular flexibility index (Phi) is 8.85. The molecule has 158 valence electrons. The third-order valence-electron chi connectivity index (χ3n) is 4.35. The molecule has 2 amide bonds. The number of alkyl carbamates (subject to hydrolysis) is 1. The van der Waals surface area contributed by atoms with Crippen molar-refractivity contribution in [2.75, 3.05) is 0 Å². The number of hydrogen-bond acceptors (Lipinski definition) is 5. The quantitative estimate of drug-likeness (QED) is 0.343. The van der Waals surface area contributed by atoms with Gasteiger partial charge in [0.2, 0.25) is 0 Å². The lowest BCUT2D eigenvalue weighted by Crippen LogP contribution is -2.33.